The number of ether oxygens (including phenoxy) is 4. The van der Waals surface area contributed by atoms with Crippen molar-refractivity contribution >= 4 is 17.6 Å². The molecule has 0 radical (unpaired) electrons. The van der Waals surface area contributed by atoms with Crippen LogP contribution in [0.15, 0.2) is 36.7 Å². The fourth-order valence-electron chi connectivity index (χ4n) is 2.83. The van der Waals surface area contributed by atoms with Crippen LogP contribution in [0.25, 0.3) is 0 Å². The van der Waals surface area contributed by atoms with E-state index in [0.717, 1.165) is 0 Å². The molecule has 0 spiro atoms. The van der Waals surface area contributed by atoms with Crippen molar-refractivity contribution in [3.05, 3.63) is 59.4 Å². The molecular weight excluding hydrogens is 440 g/mol. The molecule has 2 N–H and O–H groups in total. The highest BCUT2D eigenvalue weighted by atomic mass is 19.1. The second-order valence-corrected chi connectivity index (χ2v) is 6.71. The number of carboxylic acid groups (broad SMARTS) is 1. The molecule has 174 valence electrons. The Hall–Kier alpha value is -4.15. The van der Waals surface area contributed by atoms with Crippen LogP contribution in [0.2, 0.25) is 0 Å². The number of benzene rings is 2. The van der Waals surface area contributed by atoms with Gasteiger partial charge >= 0.3 is 5.97 Å². The zero-order valence-electron chi connectivity index (χ0n) is 18.0. The molecule has 1 heterocycles. The van der Waals surface area contributed by atoms with Crippen molar-refractivity contribution in [2.24, 2.45) is 0 Å². The first-order valence-electron chi connectivity index (χ1n) is 9.58. The molecule has 0 fully saturated rings. The highest BCUT2D eigenvalue weighted by Crippen LogP contribution is 2.31. The van der Waals surface area contributed by atoms with Crippen molar-refractivity contribution in [1.82, 2.24) is 9.97 Å². The van der Waals surface area contributed by atoms with Gasteiger partial charge in [-0.3, -0.25) is 0 Å². The molecule has 1 aromatic heterocycles. The summed E-state index contributed by atoms with van der Waals surface area (Å²) in [6.45, 7) is 0.627. The quantitative estimate of drug-likeness (QED) is 0.465. The monoisotopic (exact) mass is 461 g/mol. The molecule has 33 heavy (non-hydrogen) atoms. The van der Waals surface area contributed by atoms with Crippen LogP contribution in [-0.4, -0.2) is 41.9 Å². The minimum absolute atomic E-state index is 0.0712. The molecule has 0 aliphatic carbocycles. The molecule has 0 amide bonds. The Kier molecular flexibility index (Phi) is 7.44. The van der Waals surface area contributed by atoms with Gasteiger partial charge in [-0.05, 0) is 30.7 Å². The number of carbonyl (C=O) groups is 1. The maximum Gasteiger partial charge on any atom is 0.341 e. The Labute approximate surface area is 187 Å². The summed E-state index contributed by atoms with van der Waals surface area (Å²) >= 11 is 0. The van der Waals surface area contributed by atoms with Crippen molar-refractivity contribution in [1.29, 1.82) is 0 Å². The van der Waals surface area contributed by atoms with Gasteiger partial charge in [0.1, 0.15) is 12.4 Å². The van der Waals surface area contributed by atoms with Gasteiger partial charge in [0, 0.05) is 11.8 Å². The summed E-state index contributed by atoms with van der Waals surface area (Å²) in [4.78, 5) is 18.9. The van der Waals surface area contributed by atoms with Crippen molar-refractivity contribution < 1.29 is 37.6 Å². The second-order valence-electron chi connectivity index (χ2n) is 6.71. The smallest absolute Gasteiger partial charge is 0.341 e. The predicted octanol–water partition coefficient (Wildman–Crippen LogP) is 3.87. The fourth-order valence-corrected chi connectivity index (χ4v) is 2.83. The maximum atomic E-state index is 14.4. The Morgan fingerprint density at radius 1 is 1.00 bits per heavy atom. The fraction of sp³-hybridized carbons (Fsp3) is 0.227. The minimum Gasteiger partial charge on any atom is -0.494 e. The van der Waals surface area contributed by atoms with E-state index in [4.69, 9.17) is 24.1 Å². The molecule has 9 nitrogen and oxygen atoms in total. The molecular formula is C22H21F2N3O6. The van der Waals surface area contributed by atoms with E-state index in [1.807, 2.05) is 0 Å². The average Bonchev–Trinajstić information content (AvgIpc) is 2.81. The molecule has 0 saturated heterocycles. The summed E-state index contributed by atoms with van der Waals surface area (Å²) in [5.74, 6) is -1.71. The van der Waals surface area contributed by atoms with Crippen LogP contribution in [0, 0.1) is 18.6 Å². The summed E-state index contributed by atoms with van der Waals surface area (Å²) < 4.78 is 49.4. The van der Waals surface area contributed by atoms with Gasteiger partial charge in [0.25, 0.3) is 0 Å². The molecule has 2 aromatic carbocycles. The van der Waals surface area contributed by atoms with E-state index in [9.17, 15) is 13.6 Å². The predicted molar refractivity (Wildman–Crippen MR) is 113 cm³/mol. The lowest BCUT2D eigenvalue weighted by molar-refractivity contribution is -0.139. The van der Waals surface area contributed by atoms with Crippen LogP contribution in [-0.2, 0) is 11.4 Å². The van der Waals surface area contributed by atoms with Crippen molar-refractivity contribution in [2.45, 2.75) is 13.5 Å². The van der Waals surface area contributed by atoms with E-state index in [-0.39, 0.29) is 40.9 Å². The molecule has 11 heteroatoms. The van der Waals surface area contributed by atoms with Crippen molar-refractivity contribution in [3.8, 4) is 23.0 Å². The Bertz CT molecular complexity index is 1140. The van der Waals surface area contributed by atoms with Gasteiger partial charge in [0.2, 0.25) is 5.95 Å². The van der Waals surface area contributed by atoms with E-state index >= 15 is 0 Å². The van der Waals surface area contributed by atoms with Gasteiger partial charge in [-0.2, -0.15) is 0 Å². The Morgan fingerprint density at radius 3 is 2.33 bits per heavy atom. The van der Waals surface area contributed by atoms with Crippen molar-refractivity contribution in [3.63, 3.8) is 0 Å². The first-order chi connectivity index (χ1) is 15.8. The van der Waals surface area contributed by atoms with Crippen LogP contribution in [0.1, 0.15) is 11.1 Å². The number of aryl methyl sites for hydroxylation is 1. The standard InChI is InChI=1S/C22H21F2N3O6/c1-12-6-18(31-3)21(24)15(20(12)23)10-32-14-8-25-22(26-9-14)27-13-4-5-16(17(7-13)30-2)33-11-19(28)29/h4-9H,10-11H2,1-3H3,(H,28,29)(H,25,26,27). The minimum atomic E-state index is -1.11. The summed E-state index contributed by atoms with van der Waals surface area (Å²) in [5, 5.41) is 11.7. The van der Waals surface area contributed by atoms with E-state index in [1.165, 1.54) is 39.6 Å². The number of hydrogen-bond donors (Lipinski definition) is 2. The number of methoxy groups -OCH3 is 2. The van der Waals surface area contributed by atoms with Gasteiger partial charge in [0.15, 0.2) is 35.4 Å². The zero-order valence-corrected chi connectivity index (χ0v) is 18.0. The number of halogens is 2. The third-order valence-electron chi connectivity index (χ3n) is 4.44. The van der Waals surface area contributed by atoms with Crippen molar-refractivity contribution in [2.75, 3.05) is 26.1 Å². The van der Waals surface area contributed by atoms with Crippen LogP contribution in [0.3, 0.4) is 0 Å². The van der Waals surface area contributed by atoms with Gasteiger partial charge in [-0.1, -0.05) is 0 Å². The number of aromatic nitrogens is 2. The molecule has 0 bridgehead atoms. The largest absolute Gasteiger partial charge is 0.494 e. The van der Waals surface area contributed by atoms with E-state index in [0.29, 0.717) is 11.4 Å². The highest BCUT2D eigenvalue weighted by Gasteiger charge is 2.18. The molecule has 0 saturated carbocycles. The number of aliphatic carboxylic acids is 1. The molecule has 0 unspecified atom stereocenters. The summed E-state index contributed by atoms with van der Waals surface area (Å²) in [6, 6.07) is 6.03. The van der Waals surface area contributed by atoms with E-state index in [1.54, 1.807) is 18.2 Å². The number of rotatable bonds is 10. The molecule has 3 aromatic rings. The molecule has 3 rings (SSSR count). The number of carboxylic acids is 1. The summed E-state index contributed by atoms with van der Waals surface area (Å²) in [5.41, 5.74) is 0.531. The third-order valence-corrected chi connectivity index (χ3v) is 4.44. The lowest BCUT2D eigenvalue weighted by Gasteiger charge is -2.13. The zero-order chi connectivity index (χ0) is 24.0. The lowest BCUT2D eigenvalue weighted by atomic mass is 10.1. The lowest BCUT2D eigenvalue weighted by Crippen LogP contribution is -2.10. The van der Waals surface area contributed by atoms with Crippen LogP contribution in [0.5, 0.6) is 23.0 Å². The normalized spacial score (nSPS) is 10.5. The number of nitrogens with one attached hydrogen (secondary N) is 1. The van der Waals surface area contributed by atoms with Gasteiger partial charge in [0.05, 0.1) is 32.2 Å². The second kappa shape index (κ2) is 10.4. The van der Waals surface area contributed by atoms with E-state index in [2.05, 4.69) is 15.3 Å². The van der Waals surface area contributed by atoms with Gasteiger partial charge in [-0.15, -0.1) is 0 Å². The molecule has 0 atom stereocenters. The Balaban J connectivity index is 1.67. The van der Waals surface area contributed by atoms with Crippen LogP contribution >= 0.6 is 0 Å². The number of nitrogens with zero attached hydrogens (tertiary/aromatic N) is 2. The van der Waals surface area contributed by atoms with Gasteiger partial charge in [-0.25, -0.2) is 23.5 Å². The summed E-state index contributed by atoms with van der Waals surface area (Å²) in [6.07, 6.45) is 2.69. The van der Waals surface area contributed by atoms with Gasteiger partial charge < -0.3 is 29.4 Å². The maximum absolute atomic E-state index is 14.4. The number of hydrogen-bond acceptors (Lipinski definition) is 8. The average molecular weight is 461 g/mol. The molecule has 0 aliphatic rings. The topological polar surface area (TPSA) is 112 Å². The van der Waals surface area contributed by atoms with Crippen LogP contribution in [0.4, 0.5) is 20.4 Å². The highest BCUT2D eigenvalue weighted by molar-refractivity contribution is 5.69. The molecule has 0 aliphatic heterocycles. The van der Waals surface area contributed by atoms with Crippen LogP contribution < -0.4 is 24.3 Å². The Morgan fingerprint density at radius 2 is 1.70 bits per heavy atom. The first-order valence-corrected chi connectivity index (χ1v) is 9.58. The summed E-state index contributed by atoms with van der Waals surface area (Å²) in [7, 11) is 2.72. The first kappa shape index (κ1) is 23.5. The van der Waals surface area contributed by atoms with E-state index < -0.39 is 24.2 Å². The third kappa shape index (κ3) is 5.76. The number of anilines is 2. The SMILES string of the molecule is COc1cc(Nc2ncc(OCc3c(F)c(C)cc(OC)c3F)cn2)ccc1OCC(=O)O.